The molecule has 0 fully saturated rings. The van der Waals surface area contributed by atoms with E-state index in [0.29, 0.717) is 0 Å². The fraction of sp³-hybridized carbons (Fsp3) is 0.583. The van der Waals surface area contributed by atoms with Crippen LogP contribution in [0.1, 0.15) is 98.9 Å². The molecule has 0 aromatic carbocycles. The Hall–Kier alpha value is 0.280. The Morgan fingerprint density at radius 1 is 0.667 bits per heavy atom. The van der Waals surface area contributed by atoms with Crippen molar-refractivity contribution >= 4 is 77.1 Å². The van der Waals surface area contributed by atoms with E-state index in [4.69, 9.17) is 24.4 Å². The van der Waals surface area contributed by atoms with E-state index in [1.807, 2.05) is 0 Å². The summed E-state index contributed by atoms with van der Waals surface area (Å²) in [6.45, 7) is 4.53. The molecule has 0 saturated carbocycles. The fourth-order valence-corrected chi connectivity index (χ4v) is 8.52. The van der Waals surface area contributed by atoms with E-state index in [-0.39, 0.29) is 0 Å². The first-order valence-electron chi connectivity index (χ1n) is 11.2. The Morgan fingerprint density at radius 2 is 1.07 bits per heavy atom. The van der Waals surface area contributed by atoms with Crippen molar-refractivity contribution in [3.8, 4) is 0 Å². The van der Waals surface area contributed by atoms with Gasteiger partial charge >= 0.3 is 0 Å². The summed E-state index contributed by atoms with van der Waals surface area (Å²) in [7, 11) is 3.34. The van der Waals surface area contributed by atoms with Gasteiger partial charge in [-0.25, -0.2) is 0 Å². The van der Waals surface area contributed by atoms with Crippen molar-refractivity contribution in [3.05, 3.63) is 43.8 Å². The first-order valence-corrected chi connectivity index (χ1v) is 16.0. The average molecular weight is 515 g/mol. The molecular weight excluding hydrogens is 481 g/mol. The van der Waals surface area contributed by atoms with Gasteiger partial charge in [-0.15, -0.1) is 22.7 Å². The minimum absolute atomic E-state index is 0.985. The molecule has 2 aromatic rings. The lowest BCUT2D eigenvalue weighted by atomic mass is 10.1. The monoisotopic (exact) mass is 514 g/mol. The second kappa shape index (κ2) is 16.0. The molecule has 2 rings (SSSR count). The van der Waals surface area contributed by atoms with Crippen LogP contribution in [0.2, 0.25) is 0 Å². The highest BCUT2D eigenvalue weighted by Crippen LogP contribution is 2.36. The molecule has 0 nitrogen and oxygen atoms in total. The van der Waals surface area contributed by atoms with Crippen LogP contribution in [0.3, 0.4) is 0 Å². The Kier molecular flexibility index (Phi) is 14.1. The zero-order valence-electron chi connectivity index (χ0n) is 18.2. The number of hydrogen-bond acceptors (Lipinski definition) is 6. The van der Waals surface area contributed by atoms with Gasteiger partial charge in [-0.3, -0.25) is 0 Å². The second-order valence-corrected chi connectivity index (χ2v) is 12.9. The Labute approximate surface area is 210 Å². The highest BCUT2D eigenvalue weighted by Gasteiger charge is 2.15. The van der Waals surface area contributed by atoms with Gasteiger partial charge in [0.05, 0.1) is 18.1 Å². The highest BCUT2D eigenvalue weighted by molar-refractivity contribution is 8.90. The molecule has 0 amide bonds. The third-order valence-corrected chi connectivity index (χ3v) is 11.2. The smallest absolute Gasteiger partial charge is 0.0991 e. The van der Waals surface area contributed by atoms with Gasteiger partial charge < -0.3 is 0 Å². The maximum Gasteiger partial charge on any atom is 0.0991 e. The molecule has 6 heteroatoms. The van der Waals surface area contributed by atoms with Crippen LogP contribution < -0.4 is 0 Å². The van der Waals surface area contributed by atoms with Gasteiger partial charge in [0.25, 0.3) is 0 Å². The molecule has 0 atom stereocenters. The minimum Gasteiger partial charge on any atom is -0.142 e. The molecule has 0 unspecified atom stereocenters. The van der Waals surface area contributed by atoms with E-state index in [0.717, 1.165) is 21.2 Å². The number of hydrogen-bond donors (Lipinski definition) is 0. The van der Waals surface area contributed by atoms with Crippen molar-refractivity contribution in [1.82, 2.24) is 0 Å². The van der Waals surface area contributed by atoms with Crippen LogP contribution in [-0.2, 0) is 12.8 Å². The maximum absolute atomic E-state index is 5.77. The molecule has 0 spiro atoms. The van der Waals surface area contributed by atoms with Crippen molar-refractivity contribution in [3.63, 3.8) is 0 Å². The summed E-state index contributed by atoms with van der Waals surface area (Å²) in [5, 5.41) is 4.37. The third-order valence-electron chi connectivity index (χ3n) is 5.16. The highest BCUT2D eigenvalue weighted by atomic mass is 33.1. The van der Waals surface area contributed by atoms with Gasteiger partial charge in [-0.05, 0) is 81.3 Å². The lowest BCUT2D eigenvalue weighted by Crippen LogP contribution is -1.96. The number of thiocarbonyl (C=S) groups is 2. The van der Waals surface area contributed by atoms with Crippen molar-refractivity contribution in [2.75, 3.05) is 0 Å². The molecule has 0 bridgehead atoms. The van der Waals surface area contributed by atoms with E-state index < -0.39 is 0 Å². The molecule has 0 aliphatic heterocycles. The summed E-state index contributed by atoms with van der Waals surface area (Å²) in [6, 6.07) is 4.51. The molecule has 0 radical (unpaired) electrons. The standard InChI is InChI=1S/C24H34S6/c1-3-5-7-9-11-13-19-15-17-27-21(19)23(25)29-30-24(26)22-20(16-18-28-22)14-12-10-8-6-4-2/h15-18H,3-14H2,1-2H3. The van der Waals surface area contributed by atoms with Gasteiger partial charge in [-0.2, -0.15) is 0 Å². The summed E-state index contributed by atoms with van der Waals surface area (Å²) in [6.07, 6.45) is 15.4. The van der Waals surface area contributed by atoms with Crippen LogP contribution in [0.4, 0.5) is 0 Å². The number of rotatable bonds is 14. The molecule has 0 aliphatic rings. The molecule has 166 valence electrons. The van der Waals surface area contributed by atoms with Crippen molar-refractivity contribution in [2.45, 2.75) is 90.9 Å². The summed E-state index contributed by atoms with van der Waals surface area (Å²) >= 11 is 15.1. The Balaban J connectivity index is 1.79. The predicted molar refractivity (Wildman–Crippen MR) is 152 cm³/mol. The quantitative estimate of drug-likeness (QED) is 0.140. The molecular formula is C24H34S6. The van der Waals surface area contributed by atoms with Crippen LogP contribution in [0.25, 0.3) is 0 Å². The van der Waals surface area contributed by atoms with Crippen LogP contribution in [0.15, 0.2) is 22.9 Å². The zero-order chi connectivity index (χ0) is 21.6. The van der Waals surface area contributed by atoms with Crippen LogP contribution in [-0.4, -0.2) is 8.39 Å². The summed E-state index contributed by atoms with van der Waals surface area (Å²) in [5.74, 6) is 0. The first kappa shape index (κ1) is 26.5. The summed E-state index contributed by atoms with van der Waals surface area (Å²) in [5.41, 5.74) is 2.84. The van der Waals surface area contributed by atoms with Crippen molar-refractivity contribution in [1.29, 1.82) is 0 Å². The van der Waals surface area contributed by atoms with E-state index in [2.05, 4.69) is 36.7 Å². The van der Waals surface area contributed by atoms with E-state index in [1.165, 1.54) is 85.1 Å². The van der Waals surface area contributed by atoms with Crippen LogP contribution in [0.5, 0.6) is 0 Å². The van der Waals surface area contributed by atoms with Crippen LogP contribution >= 0.6 is 68.7 Å². The third kappa shape index (κ3) is 9.41. The average Bonchev–Trinajstić information content (AvgIpc) is 3.41. The van der Waals surface area contributed by atoms with Gasteiger partial charge in [0.2, 0.25) is 0 Å². The lowest BCUT2D eigenvalue weighted by molar-refractivity contribution is 0.632. The molecule has 0 aliphatic carbocycles. The Morgan fingerprint density at radius 3 is 1.47 bits per heavy atom. The van der Waals surface area contributed by atoms with Gasteiger partial charge in [0, 0.05) is 0 Å². The maximum atomic E-state index is 5.77. The van der Waals surface area contributed by atoms with E-state index >= 15 is 0 Å². The zero-order valence-corrected chi connectivity index (χ0v) is 23.1. The summed E-state index contributed by atoms with van der Waals surface area (Å²) < 4.78 is 1.97. The van der Waals surface area contributed by atoms with Crippen molar-refractivity contribution in [2.24, 2.45) is 0 Å². The van der Waals surface area contributed by atoms with Gasteiger partial charge in [0.1, 0.15) is 0 Å². The second-order valence-electron chi connectivity index (χ2n) is 7.62. The largest absolute Gasteiger partial charge is 0.142 e. The fourth-order valence-electron chi connectivity index (χ4n) is 3.41. The molecule has 2 aromatic heterocycles. The molecule has 0 saturated heterocycles. The summed E-state index contributed by atoms with van der Waals surface area (Å²) in [4.78, 5) is 2.56. The topological polar surface area (TPSA) is 0 Å². The van der Waals surface area contributed by atoms with Gasteiger partial charge in [0.15, 0.2) is 0 Å². The molecule has 2 heterocycles. The lowest BCUT2D eigenvalue weighted by Gasteiger charge is -2.07. The van der Waals surface area contributed by atoms with Gasteiger partial charge in [-0.1, -0.05) is 89.6 Å². The van der Waals surface area contributed by atoms with E-state index in [1.54, 1.807) is 44.3 Å². The molecule has 30 heavy (non-hydrogen) atoms. The van der Waals surface area contributed by atoms with E-state index in [9.17, 15) is 0 Å². The minimum atomic E-state index is 0.985. The predicted octanol–water partition coefficient (Wildman–Crippen LogP) is 10.3. The Bertz CT molecular complexity index is 693. The van der Waals surface area contributed by atoms with Crippen LogP contribution in [0, 0.1) is 0 Å². The normalized spacial score (nSPS) is 11.1. The van der Waals surface area contributed by atoms with Crippen molar-refractivity contribution < 1.29 is 0 Å². The molecule has 0 N–H and O–H groups in total. The number of aryl methyl sites for hydroxylation is 2. The first-order chi connectivity index (χ1) is 14.7. The number of thiophene rings is 2. The SMILES string of the molecule is CCCCCCCc1ccsc1C(=S)SSC(=S)c1sccc1CCCCCCC. The number of unbranched alkanes of at least 4 members (excludes halogenated alkanes) is 8.